The van der Waals surface area contributed by atoms with Crippen molar-refractivity contribution in [3.05, 3.63) is 65.0 Å². The van der Waals surface area contributed by atoms with E-state index >= 15 is 0 Å². The number of nitrogens with one attached hydrogen (secondary N) is 1. The normalized spacial score (nSPS) is 17.2. The van der Waals surface area contributed by atoms with Gasteiger partial charge >= 0.3 is 0 Å². The van der Waals surface area contributed by atoms with Gasteiger partial charge in [-0.25, -0.2) is 28.1 Å². The molecule has 0 fully saturated rings. The Hall–Kier alpha value is -3.67. The third-order valence-corrected chi connectivity index (χ3v) is 5.23. The lowest BCUT2D eigenvalue weighted by Gasteiger charge is -2.32. The molecule has 0 bridgehead atoms. The molecular weight excluding hydrogens is 431 g/mol. The molecule has 4 heterocycles. The van der Waals surface area contributed by atoms with Gasteiger partial charge in [0.25, 0.3) is 12.3 Å². The molecule has 12 heteroatoms. The zero-order valence-electron chi connectivity index (χ0n) is 16.6. The van der Waals surface area contributed by atoms with Crippen LogP contribution in [-0.4, -0.2) is 42.4 Å². The van der Waals surface area contributed by atoms with Crippen molar-refractivity contribution in [3.8, 4) is 0 Å². The van der Waals surface area contributed by atoms with Gasteiger partial charge in [0.05, 0.1) is 12.0 Å². The number of carbonyl (C=O) groups excluding carboxylic acids is 1. The van der Waals surface area contributed by atoms with Crippen LogP contribution in [0.5, 0.6) is 0 Å². The number of benzene rings is 1. The molecule has 0 saturated heterocycles. The fourth-order valence-electron chi connectivity index (χ4n) is 3.75. The van der Waals surface area contributed by atoms with Gasteiger partial charge in [-0.3, -0.25) is 4.79 Å². The number of amides is 1. The highest BCUT2D eigenvalue weighted by Crippen LogP contribution is 2.37. The van der Waals surface area contributed by atoms with Crippen LogP contribution in [0.2, 0.25) is 0 Å². The van der Waals surface area contributed by atoms with Crippen molar-refractivity contribution >= 4 is 17.0 Å². The Labute approximate surface area is 177 Å². The minimum Gasteiger partial charge on any atom is -0.438 e. The minimum absolute atomic E-state index is 0.0260. The second-order valence-electron chi connectivity index (χ2n) is 7.30. The highest BCUT2D eigenvalue weighted by atomic mass is 19.3. The molecule has 166 valence electrons. The number of rotatable bonds is 4. The highest BCUT2D eigenvalue weighted by Gasteiger charge is 2.41. The van der Waals surface area contributed by atoms with E-state index < -0.39 is 47.6 Å². The number of para-hydroxylation sites is 1. The van der Waals surface area contributed by atoms with E-state index in [-0.39, 0.29) is 23.5 Å². The van der Waals surface area contributed by atoms with Crippen molar-refractivity contribution in [2.24, 2.45) is 0 Å². The summed E-state index contributed by atoms with van der Waals surface area (Å²) in [6.45, 7) is 1.37. The van der Waals surface area contributed by atoms with Gasteiger partial charge in [0.15, 0.2) is 23.1 Å². The monoisotopic (exact) mass is 447 g/mol. The maximum Gasteiger partial charge on any atom is 0.292 e. The predicted molar refractivity (Wildman–Crippen MR) is 101 cm³/mol. The van der Waals surface area contributed by atoms with E-state index in [1.807, 2.05) is 0 Å². The standard InChI is InChI=1S/C20H16F3N5O4/c1-8(29)18-27-14(17(22)23)16(32-18)20(30)28-6-5-10-13(25-7-24-10)15(28)19-26-12-9(21)3-2-4-11(12)31-19/h2-4,7-8,15,17,29H,5-6H2,1H3,(H,24,25)/t8-,15+/m1/s1. The van der Waals surface area contributed by atoms with E-state index in [0.29, 0.717) is 17.8 Å². The molecule has 4 aromatic rings. The number of aromatic amines is 1. The van der Waals surface area contributed by atoms with Crippen molar-refractivity contribution in [2.75, 3.05) is 6.54 Å². The largest absolute Gasteiger partial charge is 0.438 e. The molecule has 32 heavy (non-hydrogen) atoms. The van der Waals surface area contributed by atoms with Crippen LogP contribution in [0.15, 0.2) is 33.4 Å². The van der Waals surface area contributed by atoms with E-state index in [1.54, 1.807) is 0 Å². The summed E-state index contributed by atoms with van der Waals surface area (Å²) in [6, 6.07) is 3.18. The zero-order valence-corrected chi connectivity index (χ0v) is 16.6. The molecule has 3 aromatic heterocycles. The molecule has 0 spiro atoms. The van der Waals surface area contributed by atoms with Gasteiger partial charge in [0.2, 0.25) is 17.5 Å². The number of imidazole rings is 1. The van der Waals surface area contributed by atoms with Gasteiger partial charge < -0.3 is 23.8 Å². The Kier molecular flexibility index (Phi) is 4.73. The van der Waals surface area contributed by atoms with E-state index in [2.05, 4.69) is 19.9 Å². The van der Waals surface area contributed by atoms with Gasteiger partial charge in [-0.15, -0.1) is 0 Å². The molecule has 1 aliphatic heterocycles. The SMILES string of the molecule is C[C@@H](O)c1nc(C(F)F)c(C(=O)N2CCc3[nH]cnc3[C@H]2c2nc3c(F)cccc3o2)o1. The van der Waals surface area contributed by atoms with Crippen molar-refractivity contribution in [1.82, 2.24) is 24.8 Å². The molecule has 1 amide bonds. The Bertz CT molecular complexity index is 1310. The number of H-pyrrole nitrogens is 1. The van der Waals surface area contributed by atoms with Gasteiger partial charge in [-0.1, -0.05) is 6.07 Å². The molecule has 2 atom stereocenters. The van der Waals surface area contributed by atoms with Crippen LogP contribution in [-0.2, 0) is 6.42 Å². The van der Waals surface area contributed by atoms with E-state index in [1.165, 1.54) is 36.4 Å². The molecule has 1 aliphatic rings. The summed E-state index contributed by atoms with van der Waals surface area (Å²) in [5.74, 6) is -2.63. The number of hydrogen-bond donors (Lipinski definition) is 2. The zero-order chi connectivity index (χ0) is 22.6. The van der Waals surface area contributed by atoms with Gasteiger partial charge in [0.1, 0.15) is 11.6 Å². The number of carbonyl (C=O) groups is 1. The van der Waals surface area contributed by atoms with E-state index in [4.69, 9.17) is 8.83 Å². The van der Waals surface area contributed by atoms with Crippen LogP contribution in [0.1, 0.15) is 64.9 Å². The molecule has 0 aliphatic carbocycles. The quantitative estimate of drug-likeness (QED) is 0.491. The summed E-state index contributed by atoms with van der Waals surface area (Å²) >= 11 is 0. The molecule has 1 aromatic carbocycles. The lowest BCUT2D eigenvalue weighted by molar-refractivity contribution is 0.0612. The fraction of sp³-hybridized carbons (Fsp3) is 0.300. The number of halogens is 3. The lowest BCUT2D eigenvalue weighted by Crippen LogP contribution is -2.41. The topological polar surface area (TPSA) is 121 Å². The number of aliphatic hydroxyl groups is 1. The van der Waals surface area contributed by atoms with Crippen LogP contribution in [0.3, 0.4) is 0 Å². The first-order valence-corrected chi connectivity index (χ1v) is 9.70. The average Bonchev–Trinajstić information content (AvgIpc) is 3.49. The number of alkyl halides is 2. The smallest absolute Gasteiger partial charge is 0.292 e. The predicted octanol–water partition coefficient (Wildman–Crippen LogP) is 3.46. The summed E-state index contributed by atoms with van der Waals surface area (Å²) < 4.78 is 52.2. The molecule has 0 saturated carbocycles. The molecule has 2 N–H and O–H groups in total. The third kappa shape index (κ3) is 3.14. The maximum atomic E-state index is 14.2. The Morgan fingerprint density at radius 1 is 1.31 bits per heavy atom. The van der Waals surface area contributed by atoms with Crippen LogP contribution in [0, 0.1) is 5.82 Å². The van der Waals surface area contributed by atoms with Crippen molar-refractivity contribution in [3.63, 3.8) is 0 Å². The van der Waals surface area contributed by atoms with Crippen molar-refractivity contribution in [2.45, 2.75) is 31.9 Å². The lowest BCUT2D eigenvalue weighted by atomic mass is 10.0. The number of nitrogens with zero attached hydrogens (tertiary/aromatic N) is 4. The van der Waals surface area contributed by atoms with Gasteiger partial charge in [0, 0.05) is 18.7 Å². The van der Waals surface area contributed by atoms with Gasteiger partial charge in [-0.2, -0.15) is 0 Å². The first-order chi connectivity index (χ1) is 15.3. The number of fused-ring (bicyclic) bond motifs is 2. The second-order valence-corrected chi connectivity index (χ2v) is 7.30. The summed E-state index contributed by atoms with van der Waals surface area (Å²) in [6.07, 6.45) is -2.61. The fourth-order valence-corrected chi connectivity index (χ4v) is 3.75. The van der Waals surface area contributed by atoms with E-state index in [0.717, 1.165) is 0 Å². The van der Waals surface area contributed by atoms with Crippen molar-refractivity contribution in [1.29, 1.82) is 0 Å². The van der Waals surface area contributed by atoms with Crippen LogP contribution < -0.4 is 0 Å². The Morgan fingerprint density at radius 2 is 2.12 bits per heavy atom. The first-order valence-electron chi connectivity index (χ1n) is 9.70. The maximum absolute atomic E-state index is 14.2. The van der Waals surface area contributed by atoms with E-state index in [9.17, 15) is 23.1 Å². The van der Waals surface area contributed by atoms with Crippen LogP contribution in [0.4, 0.5) is 13.2 Å². The number of hydrogen-bond acceptors (Lipinski definition) is 7. The Balaban J connectivity index is 1.63. The molecular formula is C20H16F3N5O4. The molecule has 0 radical (unpaired) electrons. The number of aromatic nitrogens is 4. The summed E-state index contributed by atoms with van der Waals surface area (Å²) in [5, 5.41) is 9.67. The van der Waals surface area contributed by atoms with Gasteiger partial charge in [-0.05, 0) is 19.1 Å². The minimum atomic E-state index is -3.10. The van der Waals surface area contributed by atoms with Crippen LogP contribution >= 0.6 is 0 Å². The summed E-state index contributed by atoms with van der Waals surface area (Å²) in [4.78, 5) is 29.6. The summed E-state index contributed by atoms with van der Waals surface area (Å²) in [7, 11) is 0. The molecule has 9 nitrogen and oxygen atoms in total. The van der Waals surface area contributed by atoms with Crippen molar-refractivity contribution < 1.29 is 31.9 Å². The number of oxazole rings is 2. The number of aliphatic hydroxyl groups excluding tert-OH is 1. The average molecular weight is 447 g/mol. The second kappa shape index (κ2) is 7.48. The first kappa shape index (κ1) is 20.2. The molecule has 5 rings (SSSR count). The molecule has 0 unspecified atom stereocenters. The third-order valence-electron chi connectivity index (χ3n) is 5.23. The highest BCUT2D eigenvalue weighted by molar-refractivity contribution is 5.93. The Morgan fingerprint density at radius 3 is 2.84 bits per heavy atom. The van der Waals surface area contributed by atoms with Crippen LogP contribution in [0.25, 0.3) is 11.1 Å². The summed E-state index contributed by atoms with van der Waals surface area (Å²) in [5.41, 5.74) is 0.367.